The molecule has 0 aromatic rings. The van der Waals surface area contributed by atoms with Crippen molar-refractivity contribution < 1.29 is 19.7 Å². The van der Waals surface area contributed by atoms with Crippen molar-refractivity contribution in [2.45, 2.75) is 0 Å². The van der Waals surface area contributed by atoms with E-state index in [0.29, 0.717) is 0 Å². The van der Waals surface area contributed by atoms with Gasteiger partial charge in [0, 0.05) is 14.2 Å². The molecule has 0 unspecified atom stereocenters. The third-order valence-electron chi connectivity index (χ3n) is 0.744. The number of hydrogen-bond donors (Lipinski definition) is 2. The minimum Gasteiger partial charge on any atom is -0.400 e. The van der Waals surface area contributed by atoms with Gasteiger partial charge in [0.2, 0.25) is 0 Å². The minimum absolute atomic E-state index is 0.778. The van der Waals surface area contributed by atoms with Gasteiger partial charge in [0.1, 0.15) is 0 Å². The topological polar surface area (TPSA) is 58.9 Å². The lowest BCUT2D eigenvalue weighted by Crippen LogP contribution is -2.16. The van der Waals surface area contributed by atoms with Crippen LogP contribution in [-0.4, -0.2) is 50.9 Å². The van der Waals surface area contributed by atoms with Gasteiger partial charge in [-0.2, -0.15) is 0 Å². The molecule has 0 saturated carbocycles. The molecule has 10 heavy (non-hydrogen) atoms. The molecule has 1 aliphatic heterocycles. The van der Waals surface area contributed by atoms with E-state index in [9.17, 15) is 0 Å². The molecule has 0 bridgehead atoms. The van der Waals surface area contributed by atoms with Crippen LogP contribution in [0, 0.1) is 0 Å². The van der Waals surface area contributed by atoms with Gasteiger partial charge in [0.15, 0.2) is 0 Å². The first-order chi connectivity index (χ1) is 5.00. The van der Waals surface area contributed by atoms with Crippen molar-refractivity contribution in [1.82, 2.24) is 0 Å². The Labute approximate surface area is 61.4 Å². The van der Waals surface area contributed by atoms with Gasteiger partial charge >= 0.3 is 0 Å². The second-order valence-corrected chi connectivity index (χ2v) is 1.22. The zero-order valence-corrected chi connectivity index (χ0v) is 6.54. The van der Waals surface area contributed by atoms with E-state index in [-0.39, 0.29) is 0 Å². The predicted molar refractivity (Wildman–Crippen MR) is 37.9 cm³/mol. The van der Waals surface area contributed by atoms with Gasteiger partial charge in [-0.3, -0.25) is 0 Å². The minimum atomic E-state index is 0.778. The average Bonchev–Trinajstić information content (AvgIpc) is 2.14. The lowest BCUT2D eigenvalue weighted by Gasteiger charge is -2.09. The van der Waals surface area contributed by atoms with Crippen LogP contribution in [0.1, 0.15) is 0 Å². The summed E-state index contributed by atoms with van der Waals surface area (Å²) >= 11 is 0. The Morgan fingerprint density at radius 1 is 0.700 bits per heavy atom. The van der Waals surface area contributed by atoms with Crippen LogP contribution in [0.15, 0.2) is 0 Å². The molecule has 1 saturated heterocycles. The third-order valence-corrected chi connectivity index (χ3v) is 0.744. The summed E-state index contributed by atoms with van der Waals surface area (Å²) in [6.07, 6.45) is 0. The molecule has 1 rings (SSSR count). The Bertz CT molecular complexity index is 25.2. The SMILES string of the molecule is C1COCCO1.CO.CO. The summed E-state index contributed by atoms with van der Waals surface area (Å²) < 4.78 is 9.89. The maximum atomic E-state index is 7.00. The summed E-state index contributed by atoms with van der Waals surface area (Å²) in [6, 6.07) is 0. The highest BCUT2D eigenvalue weighted by molar-refractivity contribution is 4.37. The van der Waals surface area contributed by atoms with Crippen LogP contribution >= 0.6 is 0 Å². The second-order valence-electron chi connectivity index (χ2n) is 1.22. The molecule has 4 heteroatoms. The first-order valence-corrected chi connectivity index (χ1v) is 3.05. The molecular weight excluding hydrogens is 136 g/mol. The molecule has 1 aliphatic rings. The lowest BCUT2D eigenvalue weighted by molar-refractivity contribution is -0.0334. The largest absolute Gasteiger partial charge is 0.400 e. The molecule has 0 spiro atoms. The van der Waals surface area contributed by atoms with Crippen molar-refractivity contribution in [3.63, 3.8) is 0 Å². The van der Waals surface area contributed by atoms with E-state index in [4.69, 9.17) is 19.7 Å². The number of hydrogen-bond acceptors (Lipinski definition) is 4. The highest BCUT2D eigenvalue weighted by Crippen LogP contribution is 1.85. The van der Waals surface area contributed by atoms with E-state index in [1.54, 1.807) is 0 Å². The normalized spacial score (nSPS) is 15.6. The van der Waals surface area contributed by atoms with Crippen LogP contribution in [0.4, 0.5) is 0 Å². The van der Waals surface area contributed by atoms with E-state index >= 15 is 0 Å². The molecule has 0 aliphatic carbocycles. The van der Waals surface area contributed by atoms with E-state index in [2.05, 4.69) is 0 Å². The lowest BCUT2D eigenvalue weighted by atomic mass is 10.6. The van der Waals surface area contributed by atoms with Gasteiger partial charge in [-0.05, 0) is 0 Å². The Hall–Kier alpha value is -0.160. The quantitative estimate of drug-likeness (QED) is 0.479. The molecule has 0 atom stereocenters. The van der Waals surface area contributed by atoms with Crippen LogP contribution in [-0.2, 0) is 9.47 Å². The highest BCUT2D eigenvalue weighted by Gasteiger charge is 1.94. The molecule has 4 nitrogen and oxygen atoms in total. The van der Waals surface area contributed by atoms with E-state index < -0.39 is 0 Å². The Morgan fingerprint density at radius 2 is 0.900 bits per heavy atom. The van der Waals surface area contributed by atoms with Crippen LogP contribution in [0.3, 0.4) is 0 Å². The van der Waals surface area contributed by atoms with Crippen molar-refractivity contribution in [1.29, 1.82) is 0 Å². The fraction of sp³-hybridized carbons (Fsp3) is 1.00. The van der Waals surface area contributed by atoms with Crippen molar-refractivity contribution in [2.75, 3.05) is 40.6 Å². The molecule has 64 valence electrons. The van der Waals surface area contributed by atoms with Gasteiger partial charge in [0.25, 0.3) is 0 Å². The van der Waals surface area contributed by atoms with Gasteiger partial charge in [-0.1, -0.05) is 0 Å². The summed E-state index contributed by atoms with van der Waals surface area (Å²) in [5.74, 6) is 0. The van der Waals surface area contributed by atoms with Crippen LogP contribution in [0.25, 0.3) is 0 Å². The standard InChI is InChI=1S/C4H8O2.2CH4O/c1-2-6-4-3-5-1;2*1-2/h1-4H2;2*2H,1H3. The van der Waals surface area contributed by atoms with E-state index in [1.165, 1.54) is 0 Å². The Kier molecular flexibility index (Phi) is 19.9. The molecule has 0 aromatic carbocycles. The summed E-state index contributed by atoms with van der Waals surface area (Å²) in [7, 11) is 2.00. The monoisotopic (exact) mass is 152 g/mol. The van der Waals surface area contributed by atoms with Gasteiger partial charge < -0.3 is 19.7 Å². The summed E-state index contributed by atoms with van der Waals surface area (Å²) in [6.45, 7) is 3.11. The zero-order chi connectivity index (χ0) is 8.24. The van der Waals surface area contributed by atoms with Gasteiger partial charge in [0.05, 0.1) is 26.4 Å². The molecular formula is C6H16O4. The van der Waals surface area contributed by atoms with Crippen LogP contribution in [0.2, 0.25) is 0 Å². The molecule has 0 radical (unpaired) electrons. The van der Waals surface area contributed by atoms with E-state index in [0.717, 1.165) is 40.6 Å². The first kappa shape index (κ1) is 12.5. The molecule has 2 N–H and O–H groups in total. The molecule has 0 aromatic heterocycles. The summed E-state index contributed by atoms with van der Waals surface area (Å²) in [4.78, 5) is 0. The first-order valence-electron chi connectivity index (χ1n) is 3.05. The highest BCUT2D eigenvalue weighted by atomic mass is 16.6. The van der Waals surface area contributed by atoms with Crippen molar-refractivity contribution in [2.24, 2.45) is 0 Å². The summed E-state index contributed by atoms with van der Waals surface area (Å²) in [5.41, 5.74) is 0. The average molecular weight is 152 g/mol. The van der Waals surface area contributed by atoms with Gasteiger partial charge in [-0.15, -0.1) is 0 Å². The van der Waals surface area contributed by atoms with Crippen LogP contribution < -0.4 is 0 Å². The number of rotatable bonds is 0. The van der Waals surface area contributed by atoms with Crippen molar-refractivity contribution >= 4 is 0 Å². The Morgan fingerprint density at radius 3 is 1.00 bits per heavy atom. The smallest absolute Gasteiger partial charge is 0.0701 e. The molecule has 0 amide bonds. The predicted octanol–water partition coefficient (Wildman–Crippen LogP) is -0.750. The summed E-state index contributed by atoms with van der Waals surface area (Å²) in [5, 5.41) is 14.0. The maximum Gasteiger partial charge on any atom is 0.0701 e. The number of aliphatic hydroxyl groups is 2. The number of aliphatic hydroxyl groups excluding tert-OH is 2. The van der Waals surface area contributed by atoms with E-state index in [1.807, 2.05) is 0 Å². The van der Waals surface area contributed by atoms with Crippen LogP contribution in [0.5, 0.6) is 0 Å². The fourth-order valence-corrected chi connectivity index (χ4v) is 0.440. The maximum absolute atomic E-state index is 7.00. The second kappa shape index (κ2) is 15.9. The fourth-order valence-electron chi connectivity index (χ4n) is 0.440. The van der Waals surface area contributed by atoms with Gasteiger partial charge in [-0.25, -0.2) is 0 Å². The Balaban J connectivity index is 0. The molecule has 1 heterocycles. The molecule has 1 fully saturated rings. The number of ether oxygens (including phenoxy) is 2. The van der Waals surface area contributed by atoms with Crippen molar-refractivity contribution in [3.8, 4) is 0 Å². The zero-order valence-electron chi connectivity index (χ0n) is 6.54. The van der Waals surface area contributed by atoms with Crippen molar-refractivity contribution in [3.05, 3.63) is 0 Å². The third kappa shape index (κ3) is 10.8.